The van der Waals surface area contributed by atoms with Gasteiger partial charge in [-0.25, -0.2) is 4.98 Å². The van der Waals surface area contributed by atoms with Crippen molar-refractivity contribution in [1.29, 1.82) is 0 Å². The van der Waals surface area contributed by atoms with Crippen molar-refractivity contribution in [2.45, 2.75) is 16.7 Å². The number of fused-ring (bicyclic) bond motifs is 2. The van der Waals surface area contributed by atoms with Crippen molar-refractivity contribution in [2.75, 3.05) is 0 Å². The monoisotopic (exact) mass is 295 g/mol. The fourth-order valence-corrected chi connectivity index (χ4v) is 3.43. The second-order valence-electron chi connectivity index (χ2n) is 4.77. The zero-order valence-electron chi connectivity index (χ0n) is 11.2. The second-order valence-corrected chi connectivity index (χ2v) is 5.80. The van der Waals surface area contributed by atoms with Crippen LogP contribution in [0.15, 0.2) is 64.8 Å². The number of benzene rings is 1. The summed E-state index contributed by atoms with van der Waals surface area (Å²) >= 11 is 1.54. The Hall–Kier alpha value is -2.24. The van der Waals surface area contributed by atoms with Gasteiger partial charge < -0.3 is 14.5 Å². The average Bonchev–Trinajstić information content (AvgIpc) is 3.06. The summed E-state index contributed by atoms with van der Waals surface area (Å²) in [5.41, 5.74) is 2.77. The van der Waals surface area contributed by atoms with Crippen molar-refractivity contribution >= 4 is 28.3 Å². The van der Waals surface area contributed by atoms with Crippen LogP contribution < -0.4 is 0 Å². The van der Waals surface area contributed by atoms with Crippen molar-refractivity contribution < 1.29 is 5.11 Å². The number of pyridine rings is 1. The van der Waals surface area contributed by atoms with E-state index in [2.05, 4.69) is 28.2 Å². The molecule has 21 heavy (non-hydrogen) atoms. The summed E-state index contributed by atoms with van der Waals surface area (Å²) in [5, 5.41) is 12.7. The number of H-pyrrole nitrogens is 1. The first-order chi connectivity index (χ1) is 10.3. The number of para-hydroxylation sites is 1. The third-order valence-electron chi connectivity index (χ3n) is 3.45. The Morgan fingerprint density at radius 3 is 2.86 bits per heavy atom. The number of rotatable bonds is 3. The van der Waals surface area contributed by atoms with Crippen LogP contribution in [0.25, 0.3) is 16.6 Å². The largest absolute Gasteiger partial charge is 0.390 e. The number of aromatic amines is 1. The molecular weight excluding hydrogens is 282 g/mol. The van der Waals surface area contributed by atoms with Gasteiger partial charge in [0.25, 0.3) is 0 Å². The summed E-state index contributed by atoms with van der Waals surface area (Å²) in [4.78, 5) is 7.97. The third-order valence-corrected chi connectivity index (χ3v) is 4.41. The van der Waals surface area contributed by atoms with Crippen molar-refractivity contribution in [3.8, 4) is 0 Å². The summed E-state index contributed by atoms with van der Waals surface area (Å²) in [6.45, 7) is -0.0340. The fraction of sp³-hybridized carbons (Fsp3) is 0.0625. The van der Waals surface area contributed by atoms with E-state index in [1.165, 1.54) is 5.39 Å². The molecule has 0 fully saturated rings. The number of imidazole rings is 1. The molecule has 3 heterocycles. The van der Waals surface area contributed by atoms with E-state index in [1.54, 1.807) is 11.8 Å². The van der Waals surface area contributed by atoms with Crippen LogP contribution in [0.3, 0.4) is 0 Å². The molecule has 4 aromatic rings. The zero-order chi connectivity index (χ0) is 14.2. The Morgan fingerprint density at radius 2 is 2.00 bits per heavy atom. The van der Waals surface area contributed by atoms with E-state index < -0.39 is 0 Å². The van der Waals surface area contributed by atoms with Gasteiger partial charge in [-0.3, -0.25) is 0 Å². The average molecular weight is 295 g/mol. The van der Waals surface area contributed by atoms with Crippen LogP contribution in [0.2, 0.25) is 0 Å². The van der Waals surface area contributed by atoms with Gasteiger partial charge in [0, 0.05) is 17.1 Å². The summed E-state index contributed by atoms with van der Waals surface area (Å²) in [6, 6.07) is 16.1. The summed E-state index contributed by atoms with van der Waals surface area (Å²) in [7, 11) is 0. The Kier molecular flexibility index (Phi) is 2.94. The van der Waals surface area contributed by atoms with Gasteiger partial charge in [-0.1, -0.05) is 36.0 Å². The highest BCUT2D eigenvalue weighted by Gasteiger charge is 2.13. The Labute approximate surface area is 125 Å². The van der Waals surface area contributed by atoms with Crippen LogP contribution in [-0.4, -0.2) is 19.5 Å². The van der Waals surface area contributed by atoms with Crippen molar-refractivity contribution in [2.24, 2.45) is 0 Å². The molecular formula is C16H13N3OS. The molecule has 0 saturated heterocycles. The molecule has 5 heteroatoms. The SMILES string of the molecule is OCc1c(Sc2cc3ccccc3[nH]2)nc2ccccn12. The van der Waals surface area contributed by atoms with Crippen LogP contribution in [0.1, 0.15) is 5.69 Å². The van der Waals surface area contributed by atoms with Crippen molar-refractivity contribution in [1.82, 2.24) is 14.4 Å². The van der Waals surface area contributed by atoms with Gasteiger partial charge in [0.05, 0.1) is 17.3 Å². The molecule has 0 atom stereocenters. The van der Waals surface area contributed by atoms with Gasteiger partial charge in [0.2, 0.25) is 0 Å². The lowest BCUT2D eigenvalue weighted by molar-refractivity contribution is 0.272. The fourth-order valence-electron chi connectivity index (χ4n) is 2.46. The van der Waals surface area contributed by atoms with Crippen molar-refractivity contribution in [3.05, 3.63) is 60.4 Å². The number of nitrogens with one attached hydrogen (secondary N) is 1. The van der Waals surface area contributed by atoms with E-state index >= 15 is 0 Å². The summed E-state index contributed by atoms with van der Waals surface area (Å²) < 4.78 is 1.92. The lowest BCUT2D eigenvalue weighted by atomic mass is 10.3. The predicted octanol–water partition coefficient (Wildman–Crippen LogP) is 3.46. The Bertz CT molecular complexity index is 892. The number of aromatic nitrogens is 3. The Morgan fingerprint density at radius 1 is 1.14 bits per heavy atom. The number of aliphatic hydroxyl groups is 1. The smallest absolute Gasteiger partial charge is 0.138 e. The van der Waals surface area contributed by atoms with E-state index in [1.807, 2.05) is 40.9 Å². The molecule has 1 aromatic carbocycles. The van der Waals surface area contributed by atoms with Crippen LogP contribution >= 0.6 is 11.8 Å². The van der Waals surface area contributed by atoms with Crippen molar-refractivity contribution in [3.63, 3.8) is 0 Å². The number of hydrogen-bond donors (Lipinski definition) is 2. The van der Waals surface area contributed by atoms with Gasteiger partial charge in [0.1, 0.15) is 10.7 Å². The first-order valence-electron chi connectivity index (χ1n) is 6.67. The number of hydrogen-bond acceptors (Lipinski definition) is 3. The molecule has 0 radical (unpaired) electrons. The van der Waals surface area contributed by atoms with Gasteiger partial charge >= 0.3 is 0 Å². The number of nitrogens with zero attached hydrogens (tertiary/aromatic N) is 2. The topological polar surface area (TPSA) is 53.3 Å². The van der Waals surface area contributed by atoms with Crippen LogP contribution in [-0.2, 0) is 6.61 Å². The van der Waals surface area contributed by atoms with E-state index in [9.17, 15) is 5.11 Å². The highest BCUT2D eigenvalue weighted by Crippen LogP contribution is 2.32. The van der Waals surface area contributed by atoms with Gasteiger partial charge in [-0.05, 0) is 24.3 Å². The number of aliphatic hydroxyl groups excluding tert-OH is 1. The standard InChI is InChI=1S/C16H13N3OS/c20-10-13-16(18-14-7-3-4-8-19(13)14)21-15-9-11-5-1-2-6-12(11)17-15/h1-9,17,20H,10H2. The molecule has 0 aliphatic rings. The molecule has 4 rings (SSSR count). The first kappa shape index (κ1) is 12.5. The predicted molar refractivity (Wildman–Crippen MR) is 83.5 cm³/mol. The van der Waals surface area contributed by atoms with E-state index in [0.717, 1.165) is 26.9 Å². The maximum atomic E-state index is 9.64. The van der Waals surface area contributed by atoms with Gasteiger partial charge in [0.15, 0.2) is 0 Å². The highest BCUT2D eigenvalue weighted by molar-refractivity contribution is 7.99. The quantitative estimate of drug-likeness (QED) is 0.608. The molecule has 0 spiro atoms. The molecule has 0 unspecified atom stereocenters. The summed E-state index contributed by atoms with van der Waals surface area (Å²) in [6.07, 6.45) is 1.92. The van der Waals surface area contributed by atoms with Crippen LogP contribution in [0, 0.1) is 0 Å². The molecule has 0 aliphatic carbocycles. The summed E-state index contributed by atoms with van der Waals surface area (Å²) in [5.74, 6) is 0. The lowest BCUT2D eigenvalue weighted by Gasteiger charge is -1.99. The molecule has 0 amide bonds. The third kappa shape index (κ3) is 2.11. The maximum Gasteiger partial charge on any atom is 0.138 e. The molecule has 3 aromatic heterocycles. The van der Waals surface area contributed by atoms with Crippen LogP contribution in [0.5, 0.6) is 0 Å². The normalized spacial score (nSPS) is 11.5. The lowest BCUT2D eigenvalue weighted by Crippen LogP contribution is -1.92. The minimum Gasteiger partial charge on any atom is -0.390 e. The minimum atomic E-state index is -0.0340. The van der Waals surface area contributed by atoms with E-state index in [-0.39, 0.29) is 6.61 Å². The van der Waals surface area contributed by atoms with E-state index in [0.29, 0.717) is 0 Å². The molecule has 4 nitrogen and oxygen atoms in total. The van der Waals surface area contributed by atoms with Gasteiger partial charge in [-0.15, -0.1) is 0 Å². The molecule has 2 N–H and O–H groups in total. The Balaban J connectivity index is 1.79. The second kappa shape index (κ2) is 4.95. The zero-order valence-corrected chi connectivity index (χ0v) is 12.0. The minimum absolute atomic E-state index is 0.0340. The molecule has 0 bridgehead atoms. The highest BCUT2D eigenvalue weighted by atomic mass is 32.2. The molecule has 0 aliphatic heterocycles. The van der Waals surface area contributed by atoms with Gasteiger partial charge in [-0.2, -0.15) is 0 Å². The molecule has 104 valence electrons. The molecule has 0 saturated carbocycles. The maximum absolute atomic E-state index is 9.64. The first-order valence-corrected chi connectivity index (χ1v) is 7.49. The van der Waals surface area contributed by atoms with E-state index in [4.69, 9.17) is 0 Å². The van der Waals surface area contributed by atoms with Crippen LogP contribution in [0.4, 0.5) is 0 Å².